The number of allylic oxidation sites excluding steroid dienone is 3. The molecular formula is C42H62N2O3S2. The minimum absolute atomic E-state index is 0.0302. The van der Waals surface area contributed by atoms with Crippen molar-refractivity contribution in [2.24, 2.45) is 51.2 Å². The number of carboxylic acid groups (broad SMARTS) is 1. The lowest BCUT2D eigenvalue weighted by Crippen LogP contribution is -2.68. The highest BCUT2D eigenvalue weighted by atomic mass is 32.8. The SMILES string of the molecule is C=C(C)[C@@H]1CC[C@]2(NCCN3CCS(=S=O)CC3)CC[C@]3(C)[C@H](CC[C@@H]4[C@@]5(C)CC=C(c6ccc(C(=O)O)cc6)C(C)(C)[C@@H]5CC[C@]43C)[C@@H]12. The van der Waals surface area contributed by atoms with E-state index in [0.717, 1.165) is 60.2 Å². The fraction of sp³-hybridized carbons (Fsp3) is 0.738. The summed E-state index contributed by atoms with van der Waals surface area (Å²) < 4.78 is 11.4. The first-order valence-electron chi connectivity index (χ1n) is 19.4. The van der Waals surface area contributed by atoms with Crippen LogP contribution in [0.3, 0.4) is 0 Å². The Labute approximate surface area is 301 Å². The maximum atomic E-state index is 11.6. The molecule has 270 valence electrons. The fourth-order valence-corrected chi connectivity index (χ4v) is 15.9. The number of benzene rings is 1. The second-order valence-corrected chi connectivity index (χ2v) is 22.1. The van der Waals surface area contributed by atoms with Crippen LogP contribution in [-0.2, 0) is 19.7 Å². The highest BCUT2D eigenvalue weighted by Gasteiger charge is 2.70. The van der Waals surface area contributed by atoms with E-state index in [2.05, 4.69) is 64.4 Å². The van der Waals surface area contributed by atoms with E-state index in [4.69, 9.17) is 0 Å². The normalized spacial score (nSPS) is 41.8. The summed E-state index contributed by atoms with van der Waals surface area (Å²) in [6, 6.07) is 7.63. The standard InChI is InChI=1S/C42H62N2O3S2/c1-28(2)31-14-19-42(43-22-23-44-24-26-49(48-47)27-25-44)21-20-40(6)33(36(31)42)12-13-35-39(5)17-15-32(29-8-10-30(11-9-29)37(45)46)38(3,4)34(39)16-18-41(35,40)7/h8-11,15,31,33-36,43H,1,12-14,16-27H2,2-7H3,(H,45,46)/t31-,33+,34-,35+,36+,39-,40+,41+,42-/m0/s1. The summed E-state index contributed by atoms with van der Waals surface area (Å²) >= 11 is 0. The van der Waals surface area contributed by atoms with Crippen molar-refractivity contribution in [1.29, 1.82) is 0 Å². The van der Waals surface area contributed by atoms with Crippen LogP contribution in [0.2, 0.25) is 0 Å². The molecule has 0 bridgehead atoms. The highest BCUT2D eigenvalue weighted by molar-refractivity contribution is 8.31. The van der Waals surface area contributed by atoms with E-state index in [1.165, 1.54) is 68.1 Å². The number of nitrogens with one attached hydrogen (secondary N) is 1. The molecule has 0 amide bonds. The van der Waals surface area contributed by atoms with Gasteiger partial charge in [0.1, 0.15) is 10.2 Å². The minimum Gasteiger partial charge on any atom is -0.478 e. The third kappa shape index (κ3) is 5.57. The Hall–Kier alpha value is -1.54. The van der Waals surface area contributed by atoms with Crippen molar-refractivity contribution < 1.29 is 14.1 Å². The molecule has 7 rings (SSSR count). The quantitative estimate of drug-likeness (QED) is 0.279. The number of hydrogen-bond donors (Lipinski definition) is 2. The third-order valence-corrected chi connectivity index (χ3v) is 19.4. The van der Waals surface area contributed by atoms with Crippen LogP contribution in [0.25, 0.3) is 5.57 Å². The Morgan fingerprint density at radius 1 is 0.959 bits per heavy atom. The molecule has 0 aromatic heterocycles. The summed E-state index contributed by atoms with van der Waals surface area (Å²) in [5.41, 5.74) is 5.50. The molecule has 49 heavy (non-hydrogen) atoms. The third-order valence-electron chi connectivity index (χ3n) is 16.4. The van der Waals surface area contributed by atoms with Gasteiger partial charge in [-0.25, -0.2) is 9.00 Å². The van der Waals surface area contributed by atoms with Crippen molar-refractivity contribution in [1.82, 2.24) is 10.2 Å². The number of rotatable bonds is 7. The molecule has 1 aliphatic heterocycles. The van der Waals surface area contributed by atoms with E-state index in [-0.39, 0.29) is 25.8 Å². The van der Waals surface area contributed by atoms with Crippen LogP contribution in [0.15, 0.2) is 42.5 Å². The van der Waals surface area contributed by atoms with Crippen LogP contribution in [0.1, 0.15) is 115 Å². The van der Waals surface area contributed by atoms with Crippen molar-refractivity contribution in [3.05, 3.63) is 53.6 Å². The molecule has 7 heteroatoms. The molecule has 1 saturated heterocycles. The molecule has 0 unspecified atom stereocenters. The van der Waals surface area contributed by atoms with Gasteiger partial charge in [0, 0.05) is 43.2 Å². The molecule has 4 saturated carbocycles. The van der Waals surface area contributed by atoms with E-state index in [1.807, 2.05) is 12.1 Å². The van der Waals surface area contributed by atoms with E-state index in [9.17, 15) is 14.1 Å². The lowest BCUT2D eigenvalue weighted by atomic mass is 9.33. The lowest BCUT2D eigenvalue weighted by molar-refractivity contribution is -0.219. The van der Waals surface area contributed by atoms with Crippen LogP contribution in [0.4, 0.5) is 0 Å². The van der Waals surface area contributed by atoms with Gasteiger partial charge in [0.2, 0.25) is 0 Å². The van der Waals surface area contributed by atoms with Crippen LogP contribution in [0, 0.1) is 51.2 Å². The molecule has 2 N–H and O–H groups in total. The molecule has 1 aromatic carbocycles. The van der Waals surface area contributed by atoms with Gasteiger partial charge >= 0.3 is 5.97 Å². The Morgan fingerprint density at radius 3 is 2.33 bits per heavy atom. The van der Waals surface area contributed by atoms with Crippen LogP contribution in [-0.4, -0.2) is 63.4 Å². The predicted octanol–water partition coefficient (Wildman–Crippen LogP) is 8.44. The van der Waals surface area contributed by atoms with Gasteiger partial charge in [0.25, 0.3) is 0 Å². The van der Waals surface area contributed by atoms with Gasteiger partial charge in [-0.2, -0.15) is 0 Å². The molecule has 6 aliphatic rings. The number of fused-ring (bicyclic) bond motifs is 7. The Morgan fingerprint density at radius 2 is 1.67 bits per heavy atom. The Bertz CT molecular complexity index is 1570. The van der Waals surface area contributed by atoms with Gasteiger partial charge < -0.3 is 15.3 Å². The minimum atomic E-state index is -0.859. The van der Waals surface area contributed by atoms with E-state index >= 15 is 0 Å². The number of carboxylic acids is 1. The zero-order valence-corrected chi connectivity index (χ0v) is 32.7. The number of hydrogen-bond acceptors (Lipinski definition) is 4. The molecule has 1 aromatic rings. The number of aromatic carboxylic acids is 1. The first-order valence-corrected chi connectivity index (χ1v) is 22.2. The average Bonchev–Trinajstić information content (AvgIpc) is 3.45. The number of carbonyl (C=O) groups is 1. The molecule has 5 fully saturated rings. The van der Waals surface area contributed by atoms with Gasteiger partial charge in [-0.1, -0.05) is 74.4 Å². The summed E-state index contributed by atoms with van der Waals surface area (Å²) in [4.78, 5) is 14.2. The van der Waals surface area contributed by atoms with Crippen molar-refractivity contribution in [3.8, 4) is 0 Å². The van der Waals surface area contributed by atoms with Crippen LogP contribution < -0.4 is 5.32 Å². The van der Waals surface area contributed by atoms with E-state index < -0.39 is 5.97 Å². The second-order valence-electron chi connectivity index (χ2n) is 18.5. The van der Waals surface area contributed by atoms with Crippen molar-refractivity contribution in [3.63, 3.8) is 0 Å². The summed E-state index contributed by atoms with van der Waals surface area (Å²) in [6.07, 6.45) is 14.1. The van der Waals surface area contributed by atoms with Crippen molar-refractivity contribution in [2.45, 2.75) is 105 Å². The largest absolute Gasteiger partial charge is 0.478 e. The van der Waals surface area contributed by atoms with Gasteiger partial charge in [-0.05, 0) is 139 Å². The van der Waals surface area contributed by atoms with Crippen LogP contribution >= 0.6 is 0 Å². The summed E-state index contributed by atoms with van der Waals surface area (Å²) in [6.45, 7) is 24.3. The molecular weight excluding hydrogens is 645 g/mol. The summed E-state index contributed by atoms with van der Waals surface area (Å²) in [5, 5.41) is 13.8. The van der Waals surface area contributed by atoms with Crippen LogP contribution in [0.5, 0.6) is 0 Å². The van der Waals surface area contributed by atoms with Gasteiger partial charge in [0.15, 0.2) is 0 Å². The lowest BCUT2D eigenvalue weighted by Gasteiger charge is -2.72. The Kier molecular flexibility index (Phi) is 9.40. The maximum Gasteiger partial charge on any atom is 0.335 e. The predicted molar refractivity (Wildman–Crippen MR) is 206 cm³/mol. The van der Waals surface area contributed by atoms with Gasteiger partial charge in [-0.3, -0.25) is 0 Å². The second kappa shape index (κ2) is 12.8. The number of nitrogens with zero attached hydrogens (tertiary/aromatic N) is 1. The average molecular weight is 707 g/mol. The molecule has 5 aliphatic carbocycles. The topological polar surface area (TPSA) is 69.6 Å². The molecule has 1 heterocycles. The molecule has 9 atom stereocenters. The van der Waals surface area contributed by atoms with E-state index in [0.29, 0.717) is 40.1 Å². The van der Waals surface area contributed by atoms with Crippen molar-refractivity contribution >= 4 is 31.2 Å². The fourth-order valence-electron chi connectivity index (χ4n) is 13.8. The van der Waals surface area contributed by atoms with E-state index in [1.54, 1.807) is 12.1 Å². The zero-order chi connectivity index (χ0) is 35.0. The highest BCUT2D eigenvalue weighted by Crippen LogP contribution is 2.76. The van der Waals surface area contributed by atoms with Gasteiger partial charge in [-0.15, -0.1) is 0 Å². The van der Waals surface area contributed by atoms with Crippen molar-refractivity contribution in [2.75, 3.05) is 37.7 Å². The Balaban J connectivity index is 1.14. The zero-order valence-electron chi connectivity index (χ0n) is 31.1. The summed E-state index contributed by atoms with van der Waals surface area (Å²) in [5.74, 6) is 4.58. The molecule has 5 nitrogen and oxygen atoms in total. The first-order chi connectivity index (χ1) is 23.2. The monoisotopic (exact) mass is 706 g/mol. The molecule has 0 radical (unpaired) electrons. The van der Waals surface area contributed by atoms with Gasteiger partial charge in [0.05, 0.1) is 5.56 Å². The first kappa shape index (κ1) is 35.8. The molecule has 0 spiro atoms. The smallest absolute Gasteiger partial charge is 0.335 e. The summed E-state index contributed by atoms with van der Waals surface area (Å²) in [7, 11) is 0.870. The maximum absolute atomic E-state index is 11.6.